The Morgan fingerprint density at radius 1 is 0.829 bits per heavy atom. The molecule has 2 heterocycles. The number of ether oxygens (including phenoxy) is 1. The fourth-order valence-electron chi connectivity index (χ4n) is 3.47. The average Bonchev–Trinajstić information content (AvgIpc) is 3.60. The van der Waals surface area contributed by atoms with Crippen LogP contribution in [0, 0.1) is 0 Å². The molecule has 2 aromatic heterocycles. The number of nitrogens with zero attached hydrogens (tertiary/aromatic N) is 5. The van der Waals surface area contributed by atoms with Gasteiger partial charge in [0.15, 0.2) is 0 Å². The Morgan fingerprint density at radius 2 is 1.43 bits per heavy atom. The van der Waals surface area contributed by atoms with Gasteiger partial charge in [-0.2, -0.15) is 10.2 Å². The van der Waals surface area contributed by atoms with Crippen LogP contribution >= 0.6 is 0 Å². The van der Waals surface area contributed by atoms with Crippen LogP contribution in [0.4, 0.5) is 0 Å². The Balaban J connectivity index is 1.23. The van der Waals surface area contributed by atoms with Crippen molar-refractivity contribution in [3.05, 3.63) is 72.8 Å². The van der Waals surface area contributed by atoms with Gasteiger partial charge in [-0.3, -0.25) is 4.79 Å². The van der Waals surface area contributed by atoms with Crippen molar-refractivity contribution in [1.82, 2.24) is 30.8 Å². The van der Waals surface area contributed by atoms with E-state index in [2.05, 4.69) is 30.8 Å². The summed E-state index contributed by atoms with van der Waals surface area (Å²) in [5, 5.41) is 26.7. The van der Waals surface area contributed by atoms with Crippen LogP contribution in [0.15, 0.2) is 77.3 Å². The lowest BCUT2D eigenvalue weighted by molar-refractivity contribution is -0.137. The molecule has 0 fully saturated rings. The number of nitrogens with one attached hydrogen (secondary N) is 1. The maximum absolute atomic E-state index is 10.6. The molecule has 0 aliphatic carbocycles. The predicted molar refractivity (Wildman–Crippen MR) is 126 cm³/mol. The highest BCUT2D eigenvalue weighted by atomic mass is 16.5. The molecule has 0 amide bonds. The van der Waals surface area contributed by atoms with Crippen LogP contribution in [-0.2, 0) is 4.79 Å². The van der Waals surface area contributed by atoms with Crippen molar-refractivity contribution in [2.24, 2.45) is 0 Å². The third-order valence-electron chi connectivity index (χ3n) is 5.30. The molecule has 0 aliphatic rings. The molecule has 2 N–H and O–H groups in total. The molecule has 0 saturated carbocycles. The molecule has 10 heteroatoms. The number of carbonyl (C=O) groups is 1. The van der Waals surface area contributed by atoms with Gasteiger partial charge in [0.25, 0.3) is 5.89 Å². The molecule has 0 bridgehead atoms. The molecule has 3 aromatic carbocycles. The number of H-pyrrole nitrogens is 1. The Labute approximate surface area is 199 Å². The van der Waals surface area contributed by atoms with Gasteiger partial charge in [-0.1, -0.05) is 53.7 Å². The minimum Gasteiger partial charge on any atom is -0.494 e. The fourth-order valence-corrected chi connectivity index (χ4v) is 3.47. The zero-order valence-corrected chi connectivity index (χ0v) is 18.5. The normalized spacial score (nSPS) is 10.9. The lowest BCUT2D eigenvalue weighted by atomic mass is 10.0. The topological polar surface area (TPSA) is 140 Å². The van der Waals surface area contributed by atoms with E-state index in [4.69, 9.17) is 14.4 Å². The Morgan fingerprint density at radius 3 is 2.06 bits per heavy atom. The fraction of sp³-hybridized carbons (Fsp3) is 0.120. The van der Waals surface area contributed by atoms with Crippen molar-refractivity contribution < 1.29 is 19.2 Å². The largest absolute Gasteiger partial charge is 0.494 e. The van der Waals surface area contributed by atoms with Gasteiger partial charge < -0.3 is 14.4 Å². The van der Waals surface area contributed by atoms with E-state index in [1.165, 1.54) is 0 Å². The van der Waals surface area contributed by atoms with E-state index in [9.17, 15) is 4.79 Å². The van der Waals surface area contributed by atoms with E-state index in [1.807, 2.05) is 72.8 Å². The highest BCUT2D eigenvalue weighted by Gasteiger charge is 2.12. The average molecular weight is 468 g/mol. The van der Waals surface area contributed by atoms with Gasteiger partial charge in [0.1, 0.15) is 5.75 Å². The molecule has 5 aromatic rings. The van der Waals surface area contributed by atoms with Gasteiger partial charge in [0.05, 0.1) is 6.61 Å². The molecule has 174 valence electrons. The number of tetrazole rings is 1. The summed E-state index contributed by atoms with van der Waals surface area (Å²) in [4.78, 5) is 15.1. The first-order valence-electron chi connectivity index (χ1n) is 10.9. The summed E-state index contributed by atoms with van der Waals surface area (Å²) in [6.45, 7) is 0.371. The molecule has 0 saturated heterocycles. The molecule has 0 atom stereocenters. The van der Waals surface area contributed by atoms with Gasteiger partial charge in [0, 0.05) is 23.1 Å². The van der Waals surface area contributed by atoms with Crippen molar-refractivity contribution in [3.8, 4) is 51.1 Å². The minimum absolute atomic E-state index is 0.0973. The van der Waals surface area contributed by atoms with Gasteiger partial charge in [-0.15, -0.1) is 10.2 Å². The summed E-state index contributed by atoms with van der Waals surface area (Å²) in [6.07, 6.45) is 0.571. The van der Waals surface area contributed by atoms with Crippen molar-refractivity contribution in [2.75, 3.05) is 6.61 Å². The first-order chi connectivity index (χ1) is 17.2. The van der Waals surface area contributed by atoms with Gasteiger partial charge in [-0.25, -0.2) is 0 Å². The second kappa shape index (κ2) is 9.96. The second-order valence-electron chi connectivity index (χ2n) is 7.68. The summed E-state index contributed by atoms with van der Waals surface area (Å²) >= 11 is 0. The van der Waals surface area contributed by atoms with Crippen LogP contribution < -0.4 is 4.74 Å². The first-order valence-corrected chi connectivity index (χ1v) is 10.9. The van der Waals surface area contributed by atoms with E-state index in [1.54, 1.807) is 0 Å². The van der Waals surface area contributed by atoms with Gasteiger partial charge in [0.2, 0.25) is 11.6 Å². The van der Waals surface area contributed by atoms with Crippen LogP contribution in [0.5, 0.6) is 5.75 Å². The number of benzene rings is 3. The smallest absolute Gasteiger partial charge is 0.303 e. The predicted octanol–water partition coefficient (Wildman–Crippen LogP) is 4.49. The third kappa shape index (κ3) is 5.22. The third-order valence-corrected chi connectivity index (χ3v) is 5.30. The summed E-state index contributed by atoms with van der Waals surface area (Å²) in [5.74, 6) is 1.32. The molecule has 5 rings (SSSR count). The number of hydrogen-bond donors (Lipinski definition) is 2. The SMILES string of the molecule is O=C(O)CCCOc1ccc(-c2ccc(-c3noc(-c4ccc(-c5nn[nH]n5)cc4)n3)cc2)cc1. The van der Waals surface area contributed by atoms with Crippen LogP contribution in [0.25, 0.3) is 45.4 Å². The Bertz CT molecular complexity index is 1400. The van der Waals surface area contributed by atoms with Crippen LogP contribution in [0.3, 0.4) is 0 Å². The molecule has 0 unspecified atom stereocenters. The Hall–Kier alpha value is -4.86. The van der Waals surface area contributed by atoms with E-state index < -0.39 is 5.97 Å². The molecule has 0 spiro atoms. The minimum atomic E-state index is -0.819. The van der Waals surface area contributed by atoms with Crippen LogP contribution in [-0.4, -0.2) is 48.4 Å². The van der Waals surface area contributed by atoms with Crippen molar-refractivity contribution >= 4 is 5.97 Å². The van der Waals surface area contributed by atoms with Crippen LogP contribution in [0.2, 0.25) is 0 Å². The zero-order chi connectivity index (χ0) is 24.0. The van der Waals surface area contributed by atoms with Gasteiger partial charge >= 0.3 is 5.97 Å². The second-order valence-corrected chi connectivity index (χ2v) is 7.68. The maximum Gasteiger partial charge on any atom is 0.303 e. The monoisotopic (exact) mass is 468 g/mol. The summed E-state index contributed by atoms with van der Waals surface area (Å²) in [7, 11) is 0. The summed E-state index contributed by atoms with van der Waals surface area (Å²) < 4.78 is 11.0. The lowest BCUT2D eigenvalue weighted by Gasteiger charge is -2.07. The number of hydrogen-bond acceptors (Lipinski definition) is 8. The van der Waals surface area contributed by atoms with Crippen LogP contribution in [0.1, 0.15) is 12.8 Å². The van der Waals surface area contributed by atoms with E-state index >= 15 is 0 Å². The van der Waals surface area contributed by atoms with Crippen molar-refractivity contribution in [1.29, 1.82) is 0 Å². The van der Waals surface area contributed by atoms with E-state index in [0.29, 0.717) is 36.3 Å². The zero-order valence-electron chi connectivity index (χ0n) is 18.5. The highest BCUT2D eigenvalue weighted by molar-refractivity contribution is 5.69. The first kappa shape index (κ1) is 22.0. The van der Waals surface area contributed by atoms with Crippen molar-refractivity contribution in [3.63, 3.8) is 0 Å². The Kier molecular flexibility index (Phi) is 6.25. The highest BCUT2D eigenvalue weighted by Crippen LogP contribution is 2.27. The lowest BCUT2D eigenvalue weighted by Crippen LogP contribution is -2.01. The molecular weight excluding hydrogens is 448 g/mol. The number of carboxylic acid groups (broad SMARTS) is 1. The number of rotatable bonds is 9. The number of aromatic nitrogens is 6. The molecule has 0 aliphatic heterocycles. The molecule has 35 heavy (non-hydrogen) atoms. The van der Waals surface area contributed by atoms with E-state index in [-0.39, 0.29) is 6.42 Å². The van der Waals surface area contributed by atoms with Gasteiger partial charge in [-0.05, 0) is 47.0 Å². The number of aliphatic carboxylic acids is 1. The summed E-state index contributed by atoms with van der Waals surface area (Å²) in [5.41, 5.74) is 4.52. The van der Waals surface area contributed by atoms with Crippen molar-refractivity contribution in [2.45, 2.75) is 12.8 Å². The summed E-state index contributed by atoms with van der Waals surface area (Å²) in [6, 6.07) is 23.0. The molecule has 0 radical (unpaired) electrons. The van der Waals surface area contributed by atoms with E-state index in [0.717, 1.165) is 27.8 Å². The maximum atomic E-state index is 10.6. The number of aromatic amines is 1. The number of carboxylic acids is 1. The molecular formula is C25H20N6O4. The quantitative estimate of drug-likeness (QED) is 0.299. The molecule has 10 nitrogen and oxygen atoms in total. The standard InChI is InChI=1S/C25H20N6O4/c32-22(33)2-1-15-34-21-13-11-17(12-14-21)16-3-5-18(6-4-16)23-26-25(35-29-23)20-9-7-19(8-10-20)24-27-30-31-28-24/h3-14H,1-2,15H2,(H,32,33)(H,27,28,30,31).